The molecule has 0 saturated heterocycles. The highest BCUT2D eigenvalue weighted by molar-refractivity contribution is 9.10. The smallest absolute Gasteiger partial charge is 0.137 e. The zero-order valence-electron chi connectivity index (χ0n) is 11.8. The summed E-state index contributed by atoms with van der Waals surface area (Å²) in [6, 6.07) is 11.5. The van der Waals surface area contributed by atoms with Gasteiger partial charge in [0, 0.05) is 18.2 Å². The van der Waals surface area contributed by atoms with Gasteiger partial charge in [-0.15, -0.1) is 0 Å². The molecule has 0 radical (unpaired) electrons. The topological polar surface area (TPSA) is 21.3 Å². The van der Waals surface area contributed by atoms with Crippen LogP contribution in [0.1, 0.15) is 24.0 Å². The van der Waals surface area contributed by atoms with Gasteiger partial charge in [0.25, 0.3) is 0 Å². The lowest BCUT2D eigenvalue weighted by Gasteiger charge is -2.13. The average molecular weight is 350 g/mol. The molecule has 21 heavy (non-hydrogen) atoms. The van der Waals surface area contributed by atoms with Gasteiger partial charge in [0.2, 0.25) is 0 Å². The molecule has 0 spiro atoms. The van der Waals surface area contributed by atoms with Gasteiger partial charge >= 0.3 is 0 Å². The van der Waals surface area contributed by atoms with Crippen molar-refractivity contribution in [3.05, 3.63) is 57.8 Å². The summed E-state index contributed by atoms with van der Waals surface area (Å²) in [7, 11) is 0. The summed E-state index contributed by atoms with van der Waals surface area (Å²) in [5.41, 5.74) is 2.33. The summed E-state index contributed by atoms with van der Waals surface area (Å²) in [4.78, 5) is 0. The van der Waals surface area contributed by atoms with Crippen molar-refractivity contribution >= 4 is 15.9 Å². The Morgan fingerprint density at radius 3 is 2.76 bits per heavy atom. The Morgan fingerprint density at radius 2 is 2.05 bits per heavy atom. The Morgan fingerprint density at radius 1 is 1.24 bits per heavy atom. The van der Waals surface area contributed by atoms with Crippen LogP contribution in [0.3, 0.4) is 0 Å². The summed E-state index contributed by atoms with van der Waals surface area (Å²) in [6.45, 7) is 2.86. The van der Waals surface area contributed by atoms with E-state index >= 15 is 0 Å². The molecular weight excluding hydrogens is 333 g/mol. The Balaban J connectivity index is 1.80. The minimum Gasteiger partial charge on any atom is -0.457 e. The van der Waals surface area contributed by atoms with Crippen LogP contribution >= 0.6 is 15.9 Å². The summed E-state index contributed by atoms with van der Waals surface area (Å²) < 4.78 is 19.6. The molecule has 3 rings (SSSR count). The van der Waals surface area contributed by atoms with Crippen LogP contribution in [0, 0.1) is 12.7 Å². The minimum absolute atomic E-state index is 0.290. The quantitative estimate of drug-likeness (QED) is 0.825. The predicted octanol–water partition coefficient (Wildman–Crippen LogP) is 4.94. The highest BCUT2D eigenvalue weighted by Gasteiger charge is 2.20. The van der Waals surface area contributed by atoms with Gasteiger partial charge in [-0.05, 0) is 60.0 Å². The number of rotatable bonds is 5. The van der Waals surface area contributed by atoms with Crippen LogP contribution in [0.15, 0.2) is 40.9 Å². The lowest BCUT2D eigenvalue weighted by molar-refractivity contribution is 0.470. The molecule has 1 aliphatic rings. The van der Waals surface area contributed by atoms with E-state index in [4.69, 9.17) is 4.74 Å². The van der Waals surface area contributed by atoms with Gasteiger partial charge in [0.1, 0.15) is 17.3 Å². The van der Waals surface area contributed by atoms with E-state index in [1.54, 1.807) is 12.1 Å². The highest BCUT2D eigenvalue weighted by Crippen LogP contribution is 2.30. The van der Waals surface area contributed by atoms with Gasteiger partial charge in [0.05, 0.1) is 4.47 Å². The number of ether oxygens (including phenoxy) is 1. The number of halogens is 2. The fourth-order valence-electron chi connectivity index (χ4n) is 2.16. The third kappa shape index (κ3) is 3.83. The third-order valence-corrected chi connectivity index (χ3v) is 4.10. The molecule has 2 aromatic carbocycles. The second-order valence-electron chi connectivity index (χ2n) is 5.44. The third-order valence-electron chi connectivity index (χ3n) is 3.49. The number of nitrogens with one attached hydrogen (secondary N) is 1. The fourth-order valence-corrected chi connectivity index (χ4v) is 2.51. The number of aryl methyl sites for hydroxylation is 1. The predicted molar refractivity (Wildman–Crippen MR) is 85.2 cm³/mol. The molecule has 0 aliphatic heterocycles. The first kappa shape index (κ1) is 14.5. The van der Waals surface area contributed by atoms with Crippen molar-refractivity contribution in [3.63, 3.8) is 0 Å². The van der Waals surface area contributed by atoms with E-state index in [0.717, 1.165) is 17.9 Å². The van der Waals surface area contributed by atoms with Gasteiger partial charge in [-0.2, -0.15) is 0 Å². The average Bonchev–Trinajstić information content (AvgIpc) is 3.27. The van der Waals surface area contributed by atoms with Crippen LogP contribution in [-0.4, -0.2) is 6.04 Å². The Hall–Kier alpha value is -1.39. The maximum atomic E-state index is 13.3. The van der Waals surface area contributed by atoms with E-state index in [-0.39, 0.29) is 5.82 Å². The summed E-state index contributed by atoms with van der Waals surface area (Å²) in [5, 5.41) is 3.50. The van der Waals surface area contributed by atoms with Crippen LogP contribution in [0.4, 0.5) is 4.39 Å². The van der Waals surface area contributed by atoms with E-state index in [0.29, 0.717) is 16.3 Å². The zero-order valence-corrected chi connectivity index (χ0v) is 13.4. The molecular formula is C17H17BrFNO. The van der Waals surface area contributed by atoms with Crippen molar-refractivity contribution in [2.24, 2.45) is 0 Å². The number of hydrogen-bond acceptors (Lipinski definition) is 2. The first-order chi connectivity index (χ1) is 10.1. The molecule has 0 heterocycles. The second kappa shape index (κ2) is 6.16. The van der Waals surface area contributed by atoms with E-state index in [1.807, 2.05) is 12.1 Å². The zero-order chi connectivity index (χ0) is 14.8. The molecule has 1 fully saturated rings. The van der Waals surface area contributed by atoms with Gasteiger partial charge in [0.15, 0.2) is 0 Å². The Kier molecular flexibility index (Phi) is 4.27. The van der Waals surface area contributed by atoms with Gasteiger partial charge in [-0.25, -0.2) is 4.39 Å². The van der Waals surface area contributed by atoms with Crippen molar-refractivity contribution in [2.75, 3.05) is 0 Å². The summed E-state index contributed by atoms with van der Waals surface area (Å²) >= 11 is 3.18. The summed E-state index contributed by atoms with van der Waals surface area (Å²) in [6.07, 6.45) is 2.51. The van der Waals surface area contributed by atoms with Crippen molar-refractivity contribution in [1.29, 1.82) is 0 Å². The van der Waals surface area contributed by atoms with E-state index in [9.17, 15) is 4.39 Å². The summed E-state index contributed by atoms with van der Waals surface area (Å²) in [5.74, 6) is 1.15. The maximum absolute atomic E-state index is 13.3. The lowest BCUT2D eigenvalue weighted by Crippen LogP contribution is -2.15. The molecule has 2 nitrogen and oxygen atoms in total. The SMILES string of the molecule is Cc1ccc(Oc2ccc(F)c(Br)c2)c(CNC2CC2)c1. The van der Waals surface area contributed by atoms with E-state index in [2.05, 4.69) is 34.2 Å². The molecule has 0 aromatic heterocycles. The monoisotopic (exact) mass is 349 g/mol. The molecule has 4 heteroatoms. The van der Waals surface area contributed by atoms with Crippen LogP contribution in [-0.2, 0) is 6.54 Å². The van der Waals surface area contributed by atoms with Gasteiger partial charge in [-0.3, -0.25) is 0 Å². The van der Waals surface area contributed by atoms with Gasteiger partial charge < -0.3 is 10.1 Å². The molecule has 0 atom stereocenters. The normalized spacial score (nSPS) is 14.2. The standard InChI is InChI=1S/C17H17BrFNO/c1-11-2-7-17(12(8-11)10-20-13-3-4-13)21-14-5-6-16(19)15(18)9-14/h2,5-9,13,20H,3-4,10H2,1H3. The van der Waals surface area contributed by atoms with Crippen LogP contribution in [0.5, 0.6) is 11.5 Å². The first-order valence-corrected chi connectivity index (χ1v) is 7.87. The molecule has 0 bridgehead atoms. The molecule has 2 aromatic rings. The Bertz CT molecular complexity index is 655. The minimum atomic E-state index is -0.290. The van der Waals surface area contributed by atoms with Crippen LogP contribution < -0.4 is 10.1 Å². The lowest BCUT2D eigenvalue weighted by atomic mass is 10.1. The molecule has 0 amide bonds. The second-order valence-corrected chi connectivity index (χ2v) is 6.30. The number of benzene rings is 2. The molecule has 110 valence electrons. The molecule has 1 aliphatic carbocycles. The van der Waals surface area contributed by atoms with Crippen molar-refractivity contribution < 1.29 is 9.13 Å². The van der Waals surface area contributed by atoms with E-state index in [1.165, 1.54) is 24.5 Å². The van der Waals surface area contributed by atoms with E-state index < -0.39 is 0 Å². The molecule has 1 saturated carbocycles. The fraction of sp³-hybridized carbons (Fsp3) is 0.294. The van der Waals surface area contributed by atoms with Crippen molar-refractivity contribution in [2.45, 2.75) is 32.4 Å². The van der Waals surface area contributed by atoms with Crippen LogP contribution in [0.2, 0.25) is 0 Å². The Labute approximate surface area is 132 Å². The van der Waals surface area contributed by atoms with Crippen molar-refractivity contribution in [3.8, 4) is 11.5 Å². The van der Waals surface area contributed by atoms with Crippen molar-refractivity contribution in [1.82, 2.24) is 5.32 Å². The molecule has 0 unspecified atom stereocenters. The largest absolute Gasteiger partial charge is 0.457 e. The van der Waals surface area contributed by atoms with Crippen LogP contribution in [0.25, 0.3) is 0 Å². The highest BCUT2D eigenvalue weighted by atomic mass is 79.9. The number of hydrogen-bond donors (Lipinski definition) is 1. The van der Waals surface area contributed by atoms with Gasteiger partial charge in [-0.1, -0.05) is 17.7 Å². The maximum Gasteiger partial charge on any atom is 0.137 e. The molecule has 1 N–H and O–H groups in total. The first-order valence-electron chi connectivity index (χ1n) is 7.07.